The number of rotatable bonds is 7. The van der Waals surface area contributed by atoms with E-state index in [1.54, 1.807) is 12.3 Å². The van der Waals surface area contributed by atoms with E-state index < -0.39 is 28.5 Å². The minimum atomic E-state index is -3.79. The second-order valence-corrected chi connectivity index (χ2v) is 9.16. The highest BCUT2D eigenvalue weighted by atomic mass is 32.2. The van der Waals surface area contributed by atoms with Crippen LogP contribution < -0.4 is 10.1 Å². The largest absolute Gasteiger partial charge is 0.495 e. The van der Waals surface area contributed by atoms with Crippen molar-refractivity contribution in [1.82, 2.24) is 9.29 Å². The van der Waals surface area contributed by atoms with Crippen molar-refractivity contribution in [3.63, 3.8) is 0 Å². The van der Waals surface area contributed by atoms with Crippen molar-refractivity contribution in [2.75, 3.05) is 32.1 Å². The average molecular weight is 440 g/mol. The molecule has 0 aliphatic carbocycles. The van der Waals surface area contributed by atoms with E-state index in [1.807, 2.05) is 0 Å². The molecule has 1 aliphatic heterocycles. The van der Waals surface area contributed by atoms with Gasteiger partial charge in [0.2, 0.25) is 10.0 Å². The van der Waals surface area contributed by atoms with Gasteiger partial charge in [-0.25, -0.2) is 18.2 Å². The fraction of sp³-hybridized carbons (Fsp3) is 0.389. The van der Waals surface area contributed by atoms with Crippen LogP contribution in [0.3, 0.4) is 0 Å². The van der Waals surface area contributed by atoms with Gasteiger partial charge in [0.1, 0.15) is 10.6 Å². The van der Waals surface area contributed by atoms with Crippen LogP contribution in [-0.4, -0.2) is 56.4 Å². The number of sulfonamides is 1. The Bertz CT molecular complexity index is 1010. The van der Waals surface area contributed by atoms with Crippen LogP contribution in [0.2, 0.25) is 0 Å². The molecule has 1 amide bonds. The van der Waals surface area contributed by atoms with Crippen molar-refractivity contribution >= 4 is 38.4 Å². The molecule has 0 bridgehead atoms. The average Bonchev–Trinajstić information content (AvgIpc) is 3.38. The van der Waals surface area contributed by atoms with Gasteiger partial charge < -0.3 is 9.47 Å². The number of benzene rings is 1. The molecular formula is C18H21N3O6S2. The van der Waals surface area contributed by atoms with E-state index in [4.69, 9.17) is 9.47 Å². The standard InChI is InChI=1S/C18H21N3O6S2/c1-12-11-28-18(19-12)20-16(22)10-27-17(23)13-5-6-14(26-2)15(9-13)29(24,25)21-7-3-4-8-21/h5-6,9,11H,3-4,7-8,10H2,1-2H3,(H,19,20,22). The van der Waals surface area contributed by atoms with Crippen LogP contribution in [-0.2, 0) is 19.6 Å². The molecule has 1 aliphatic rings. The van der Waals surface area contributed by atoms with Crippen molar-refractivity contribution in [2.24, 2.45) is 0 Å². The zero-order valence-electron chi connectivity index (χ0n) is 16.0. The summed E-state index contributed by atoms with van der Waals surface area (Å²) in [6.07, 6.45) is 1.58. The van der Waals surface area contributed by atoms with Gasteiger partial charge in [-0.2, -0.15) is 4.31 Å². The Morgan fingerprint density at radius 1 is 1.28 bits per heavy atom. The Balaban J connectivity index is 1.71. The summed E-state index contributed by atoms with van der Waals surface area (Å²) in [5.74, 6) is -1.20. The Labute approximate surface area is 172 Å². The van der Waals surface area contributed by atoms with Crippen molar-refractivity contribution < 1.29 is 27.5 Å². The molecule has 156 valence electrons. The number of carbonyl (C=O) groups is 2. The van der Waals surface area contributed by atoms with Crippen LogP contribution in [0, 0.1) is 6.92 Å². The second-order valence-electron chi connectivity index (χ2n) is 6.40. The quantitative estimate of drug-likeness (QED) is 0.657. The van der Waals surface area contributed by atoms with Gasteiger partial charge >= 0.3 is 5.97 Å². The predicted octanol–water partition coefficient (Wildman–Crippen LogP) is 2.04. The SMILES string of the molecule is COc1ccc(C(=O)OCC(=O)Nc2nc(C)cs2)cc1S(=O)(=O)N1CCCC1. The monoisotopic (exact) mass is 439 g/mol. The molecule has 11 heteroatoms. The Morgan fingerprint density at radius 2 is 2.00 bits per heavy atom. The lowest BCUT2D eigenvalue weighted by Gasteiger charge is -2.18. The molecule has 2 aromatic rings. The maximum absolute atomic E-state index is 12.9. The van der Waals surface area contributed by atoms with Crippen LogP contribution in [0.5, 0.6) is 5.75 Å². The normalized spacial score (nSPS) is 14.6. The number of anilines is 1. The molecule has 0 spiro atoms. The maximum Gasteiger partial charge on any atom is 0.338 e. The fourth-order valence-corrected chi connectivity index (χ4v) is 5.26. The number of amides is 1. The molecule has 0 atom stereocenters. The van der Waals surface area contributed by atoms with Crippen molar-refractivity contribution in [3.8, 4) is 5.75 Å². The number of esters is 1. The van der Waals surface area contributed by atoms with Gasteiger partial charge in [-0.3, -0.25) is 10.1 Å². The number of thiazole rings is 1. The zero-order chi connectivity index (χ0) is 21.0. The lowest BCUT2D eigenvalue weighted by atomic mass is 10.2. The maximum atomic E-state index is 12.9. The molecule has 0 unspecified atom stereocenters. The molecule has 3 rings (SSSR count). The van der Waals surface area contributed by atoms with Crippen LogP contribution in [0.25, 0.3) is 0 Å². The van der Waals surface area contributed by atoms with E-state index in [1.165, 1.54) is 41.0 Å². The molecule has 0 saturated carbocycles. The molecule has 1 saturated heterocycles. The van der Waals surface area contributed by atoms with Gasteiger partial charge in [0, 0.05) is 18.5 Å². The third-order valence-corrected chi connectivity index (χ3v) is 7.08. The summed E-state index contributed by atoms with van der Waals surface area (Å²) in [6.45, 7) is 2.13. The highest BCUT2D eigenvalue weighted by Crippen LogP contribution is 2.30. The van der Waals surface area contributed by atoms with Gasteiger partial charge in [-0.1, -0.05) is 0 Å². The van der Waals surface area contributed by atoms with Crippen molar-refractivity contribution in [1.29, 1.82) is 0 Å². The Kier molecular flexibility index (Phi) is 6.50. The van der Waals surface area contributed by atoms with E-state index >= 15 is 0 Å². The summed E-state index contributed by atoms with van der Waals surface area (Å²) in [4.78, 5) is 28.2. The summed E-state index contributed by atoms with van der Waals surface area (Å²) in [7, 11) is -2.43. The highest BCUT2D eigenvalue weighted by Gasteiger charge is 2.31. The van der Waals surface area contributed by atoms with Crippen LogP contribution in [0.15, 0.2) is 28.5 Å². The first-order valence-corrected chi connectivity index (χ1v) is 11.2. The minimum Gasteiger partial charge on any atom is -0.495 e. The summed E-state index contributed by atoms with van der Waals surface area (Å²) < 4.78 is 37.3. The molecule has 29 heavy (non-hydrogen) atoms. The number of nitrogens with one attached hydrogen (secondary N) is 1. The number of methoxy groups -OCH3 is 1. The molecule has 1 aromatic heterocycles. The molecular weight excluding hydrogens is 418 g/mol. The first kappa shape index (κ1) is 21.2. The number of aryl methyl sites for hydroxylation is 1. The Hall–Kier alpha value is -2.50. The van der Waals surface area contributed by atoms with Crippen molar-refractivity contribution in [3.05, 3.63) is 34.8 Å². The van der Waals surface area contributed by atoms with E-state index in [2.05, 4.69) is 10.3 Å². The number of hydrogen-bond acceptors (Lipinski definition) is 8. The highest BCUT2D eigenvalue weighted by molar-refractivity contribution is 7.89. The second kappa shape index (κ2) is 8.89. The molecule has 1 fully saturated rings. The summed E-state index contributed by atoms with van der Waals surface area (Å²) in [6, 6.07) is 4.02. The van der Waals surface area contributed by atoms with Gasteiger partial charge in [0.25, 0.3) is 5.91 Å². The topological polar surface area (TPSA) is 115 Å². The lowest BCUT2D eigenvalue weighted by molar-refractivity contribution is -0.119. The summed E-state index contributed by atoms with van der Waals surface area (Å²) >= 11 is 1.26. The smallest absolute Gasteiger partial charge is 0.338 e. The molecule has 2 heterocycles. The van der Waals surface area contributed by atoms with Gasteiger partial charge in [0.05, 0.1) is 18.4 Å². The van der Waals surface area contributed by atoms with Gasteiger partial charge in [0.15, 0.2) is 11.7 Å². The van der Waals surface area contributed by atoms with Crippen LogP contribution in [0.4, 0.5) is 5.13 Å². The number of nitrogens with zero attached hydrogens (tertiary/aromatic N) is 2. The lowest BCUT2D eigenvalue weighted by Crippen LogP contribution is -2.28. The first-order chi connectivity index (χ1) is 13.8. The van der Waals surface area contributed by atoms with Crippen LogP contribution >= 0.6 is 11.3 Å². The molecule has 0 radical (unpaired) electrons. The van der Waals surface area contributed by atoms with E-state index in [9.17, 15) is 18.0 Å². The van der Waals surface area contributed by atoms with Gasteiger partial charge in [-0.05, 0) is 38.0 Å². The zero-order valence-corrected chi connectivity index (χ0v) is 17.6. The Morgan fingerprint density at radius 3 is 2.62 bits per heavy atom. The third kappa shape index (κ3) is 4.92. The number of ether oxygens (including phenoxy) is 2. The van der Waals surface area contributed by atoms with E-state index in [-0.39, 0.29) is 16.2 Å². The molecule has 1 N–H and O–H groups in total. The fourth-order valence-electron chi connectivity index (χ4n) is 2.85. The van der Waals surface area contributed by atoms with Crippen molar-refractivity contribution in [2.45, 2.75) is 24.7 Å². The number of aromatic nitrogens is 1. The number of hydrogen-bond donors (Lipinski definition) is 1. The summed E-state index contributed by atoms with van der Waals surface area (Å²) in [5, 5.41) is 4.72. The van der Waals surface area contributed by atoms with Gasteiger partial charge in [-0.15, -0.1) is 11.3 Å². The summed E-state index contributed by atoms with van der Waals surface area (Å²) in [5.41, 5.74) is 0.786. The molecule has 1 aromatic carbocycles. The van der Waals surface area contributed by atoms with Crippen LogP contribution in [0.1, 0.15) is 28.9 Å². The third-order valence-electron chi connectivity index (χ3n) is 4.28. The molecule has 9 nitrogen and oxygen atoms in total. The van der Waals surface area contributed by atoms with E-state index in [0.717, 1.165) is 18.5 Å². The predicted molar refractivity (Wildman–Crippen MR) is 107 cm³/mol. The first-order valence-electron chi connectivity index (χ1n) is 8.88. The minimum absolute atomic E-state index is 0.0152. The van der Waals surface area contributed by atoms with E-state index in [0.29, 0.717) is 18.2 Å². The number of carbonyl (C=O) groups excluding carboxylic acids is 2.